The van der Waals surface area contributed by atoms with Crippen LogP contribution < -0.4 is 10.6 Å². The zero-order valence-corrected chi connectivity index (χ0v) is 18.8. The summed E-state index contributed by atoms with van der Waals surface area (Å²) >= 11 is 7.16. The molecule has 2 amide bonds. The molecule has 2 N–H and O–H groups in total. The van der Waals surface area contributed by atoms with Crippen LogP contribution in [0.2, 0.25) is 5.02 Å². The van der Waals surface area contributed by atoms with Crippen molar-refractivity contribution in [2.75, 3.05) is 17.2 Å². The third-order valence-electron chi connectivity index (χ3n) is 4.61. The van der Waals surface area contributed by atoms with E-state index in [9.17, 15) is 14.4 Å². The number of carbonyl (C=O) groups excluding carboxylic acids is 3. The number of halogens is 1. The maximum Gasteiger partial charge on any atom is 0.341 e. The van der Waals surface area contributed by atoms with E-state index in [1.54, 1.807) is 69.3 Å². The Bertz CT molecular complexity index is 1140. The van der Waals surface area contributed by atoms with Gasteiger partial charge in [-0.25, -0.2) is 4.79 Å². The van der Waals surface area contributed by atoms with Crippen molar-refractivity contribution in [1.82, 2.24) is 0 Å². The third-order valence-corrected chi connectivity index (χ3v) is 6.23. The van der Waals surface area contributed by atoms with Crippen molar-refractivity contribution in [2.45, 2.75) is 20.8 Å². The number of nitrogens with one attached hydrogen (secondary N) is 2. The standard InChI is InChI=1S/C23H21ClN2O4S/c1-4-30-23(29)18-14(3)19(21(28)25-17-12-8-11-16(24)13(17)2)31-22(18)26-20(27)15-9-6-5-7-10-15/h5-12H,4H2,1-3H3,(H,25,28)(H,26,27). The molecule has 0 saturated heterocycles. The molecule has 0 aliphatic rings. The van der Waals surface area contributed by atoms with Crippen LogP contribution in [0, 0.1) is 13.8 Å². The first-order chi connectivity index (χ1) is 14.8. The van der Waals surface area contributed by atoms with E-state index < -0.39 is 11.9 Å². The van der Waals surface area contributed by atoms with Crippen LogP contribution in [0.25, 0.3) is 0 Å². The lowest BCUT2D eigenvalue weighted by atomic mass is 10.1. The van der Waals surface area contributed by atoms with Gasteiger partial charge in [0.1, 0.15) is 5.00 Å². The minimum Gasteiger partial charge on any atom is -0.462 e. The molecule has 0 fully saturated rings. The maximum atomic E-state index is 13.0. The molecule has 3 rings (SSSR count). The minimum absolute atomic E-state index is 0.170. The van der Waals surface area contributed by atoms with Crippen LogP contribution in [0.15, 0.2) is 48.5 Å². The number of ether oxygens (including phenoxy) is 1. The van der Waals surface area contributed by atoms with E-state index in [4.69, 9.17) is 16.3 Å². The van der Waals surface area contributed by atoms with E-state index in [-0.39, 0.29) is 23.1 Å². The van der Waals surface area contributed by atoms with Crippen molar-refractivity contribution in [3.63, 3.8) is 0 Å². The molecule has 0 saturated carbocycles. The number of thiophene rings is 1. The zero-order chi connectivity index (χ0) is 22.5. The number of esters is 1. The molecule has 0 bridgehead atoms. The highest BCUT2D eigenvalue weighted by molar-refractivity contribution is 7.19. The average molecular weight is 457 g/mol. The summed E-state index contributed by atoms with van der Waals surface area (Å²) in [5, 5.41) is 6.36. The first-order valence-corrected chi connectivity index (χ1v) is 10.8. The van der Waals surface area contributed by atoms with Gasteiger partial charge < -0.3 is 15.4 Å². The molecule has 0 radical (unpaired) electrons. The summed E-state index contributed by atoms with van der Waals surface area (Å²) in [4.78, 5) is 38.5. The van der Waals surface area contributed by atoms with Gasteiger partial charge in [-0.1, -0.05) is 35.9 Å². The molecule has 0 unspecified atom stereocenters. The molecule has 0 atom stereocenters. The summed E-state index contributed by atoms with van der Waals surface area (Å²) in [6.45, 7) is 5.32. The summed E-state index contributed by atoms with van der Waals surface area (Å²) in [7, 11) is 0. The quantitative estimate of drug-likeness (QED) is 0.466. The molecule has 1 heterocycles. The predicted molar refractivity (Wildman–Crippen MR) is 124 cm³/mol. The Kier molecular flexibility index (Phi) is 7.09. The fraction of sp³-hybridized carbons (Fsp3) is 0.174. The lowest BCUT2D eigenvalue weighted by molar-refractivity contribution is 0.0527. The van der Waals surface area contributed by atoms with Crippen molar-refractivity contribution in [3.05, 3.63) is 80.7 Å². The topological polar surface area (TPSA) is 84.5 Å². The van der Waals surface area contributed by atoms with Crippen LogP contribution in [0.4, 0.5) is 10.7 Å². The number of benzene rings is 2. The molecular weight excluding hydrogens is 436 g/mol. The Hall–Kier alpha value is -3.16. The summed E-state index contributed by atoms with van der Waals surface area (Å²) in [6, 6.07) is 13.8. The number of anilines is 2. The lowest BCUT2D eigenvalue weighted by Gasteiger charge is -2.09. The van der Waals surface area contributed by atoms with E-state index in [1.165, 1.54) is 0 Å². The predicted octanol–water partition coefficient (Wildman–Crippen LogP) is 5.70. The van der Waals surface area contributed by atoms with E-state index in [0.29, 0.717) is 26.7 Å². The number of hydrogen-bond acceptors (Lipinski definition) is 5. The summed E-state index contributed by atoms with van der Waals surface area (Å²) in [6.07, 6.45) is 0. The van der Waals surface area contributed by atoms with Gasteiger partial charge in [0.15, 0.2) is 0 Å². The Morgan fingerprint density at radius 2 is 1.65 bits per heavy atom. The molecule has 6 nitrogen and oxygen atoms in total. The Morgan fingerprint density at radius 1 is 0.935 bits per heavy atom. The van der Waals surface area contributed by atoms with E-state index in [1.807, 2.05) is 0 Å². The molecule has 160 valence electrons. The van der Waals surface area contributed by atoms with Gasteiger partial charge in [0, 0.05) is 16.3 Å². The molecule has 8 heteroatoms. The molecule has 31 heavy (non-hydrogen) atoms. The average Bonchev–Trinajstić information content (AvgIpc) is 3.08. The largest absolute Gasteiger partial charge is 0.462 e. The second-order valence-corrected chi connectivity index (χ2v) is 8.10. The van der Waals surface area contributed by atoms with Gasteiger partial charge in [0.2, 0.25) is 0 Å². The lowest BCUT2D eigenvalue weighted by Crippen LogP contribution is -2.15. The fourth-order valence-corrected chi connectivity index (χ4v) is 4.21. The van der Waals surface area contributed by atoms with Crippen molar-refractivity contribution in [1.29, 1.82) is 0 Å². The van der Waals surface area contributed by atoms with Gasteiger partial charge >= 0.3 is 5.97 Å². The highest BCUT2D eigenvalue weighted by Gasteiger charge is 2.27. The Morgan fingerprint density at radius 3 is 2.32 bits per heavy atom. The van der Waals surface area contributed by atoms with Gasteiger partial charge in [-0.15, -0.1) is 11.3 Å². The maximum absolute atomic E-state index is 13.0. The van der Waals surface area contributed by atoms with Gasteiger partial charge in [0.05, 0.1) is 17.0 Å². The van der Waals surface area contributed by atoms with Crippen LogP contribution in [0.3, 0.4) is 0 Å². The molecular formula is C23H21ClN2O4S. The van der Waals surface area contributed by atoms with Gasteiger partial charge in [0.25, 0.3) is 11.8 Å². The smallest absolute Gasteiger partial charge is 0.341 e. The van der Waals surface area contributed by atoms with Crippen molar-refractivity contribution in [2.24, 2.45) is 0 Å². The molecule has 2 aromatic carbocycles. The molecule has 0 spiro atoms. The first-order valence-electron chi connectivity index (χ1n) is 9.56. The fourth-order valence-electron chi connectivity index (χ4n) is 2.95. The van der Waals surface area contributed by atoms with E-state index in [2.05, 4.69) is 10.6 Å². The Balaban J connectivity index is 1.96. The molecule has 0 aliphatic heterocycles. The van der Waals surface area contributed by atoms with Gasteiger partial charge in [-0.05, 0) is 56.2 Å². The third kappa shape index (κ3) is 4.95. The normalized spacial score (nSPS) is 10.5. The molecule has 0 aliphatic carbocycles. The Labute approximate surface area is 189 Å². The summed E-state index contributed by atoms with van der Waals surface area (Å²) in [5.41, 5.74) is 2.34. The first kappa shape index (κ1) is 22.5. The van der Waals surface area contributed by atoms with Crippen LogP contribution in [0.5, 0.6) is 0 Å². The highest BCUT2D eigenvalue weighted by Crippen LogP contribution is 2.35. The van der Waals surface area contributed by atoms with Gasteiger partial charge in [-0.2, -0.15) is 0 Å². The van der Waals surface area contributed by atoms with Crippen LogP contribution in [-0.4, -0.2) is 24.4 Å². The van der Waals surface area contributed by atoms with Crippen molar-refractivity contribution < 1.29 is 19.1 Å². The van der Waals surface area contributed by atoms with Crippen LogP contribution in [-0.2, 0) is 4.74 Å². The monoisotopic (exact) mass is 456 g/mol. The molecule has 3 aromatic rings. The zero-order valence-electron chi connectivity index (χ0n) is 17.2. The molecule has 1 aromatic heterocycles. The van der Waals surface area contributed by atoms with Crippen molar-refractivity contribution in [3.8, 4) is 0 Å². The minimum atomic E-state index is -0.599. The number of carbonyl (C=O) groups is 3. The second kappa shape index (κ2) is 9.76. The summed E-state index contributed by atoms with van der Waals surface area (Å²) < 4.78 is 5.15. The second-order valence-electron chi connectivity index (χ2n) is 6.67. The van der Waals surface area contributed by atoms with E-state index in [0.717, 1.165) is 16.9 Å². The van der Waals surface area contributed by atoms with Crippen LogP contribution >= 0.6 is 22.9 Å². The number of hydrogen-bond donors (Lipinski definition) is 2. The summed E-state index contributed by atoms with van der Waals surface area (Å²) in [5.74, 6) is -1.39. The highest BCUT2D eigenvalue weighted by atomic mass is 35.5. The van der Waals surface area contributed by atoms with E-state index >= 15 is 0 Å². The number of rotatable bonds is 6. The van der Waals surface area contributed by atoms with Gasteiger partial charge in [-0.3, -0.25) is 9.59 Å². The number of amides is 2. The van der Waals surface area contributed by atoms with Crippen molar-refractivity contribution >= 4 is 51.4 Å². The SMILES string of the molecule is CCOC(=O)c1c(NC(=O)c2ccccc2)sc(C(=O)Nc2cccc(Cl)c2C)c1C. The van der Waals surface area contributed by atoms with Crippen LogP contribution in [0.1, 0.15) is 48.4 Å².